The Kier molecular flexibility index (Phi) is 5.12. The third-order valence-corrected chi connectivity index (χ3v) is 4.35. The topological polar surface area (TPSA) is 97.7 Å². The molecule has 7 nitrogen and oxygen atoms in total. The second kappa shape index (κ2) is 7.48. The van der Waals surface area contributed by atoms with Crippen LogP contribution in [-0.2, 0) is 14.3 Å². The highest BCUT2D eigenvalue weighted by Gasteiger charge is 2.43. The van der Waals surface area contributed by atoms with Crippen LogP contribution in [0.1, 0.15) is 25.3 Å². The number of nitrogens with zero attached hydrogens (tertiary/aromatic N) is 1. The van der Waals surface area contributed by atoms with Crippen LogP contribution in [0.3, 0.4) is 0 Å². The van der Waals surface area contributed by atoms with E-state index >= 15 is 0 Å². The Morgan fingerprint density at radius 3 is 2.77 bits per heavy atom. The van der Waals surface area contributed by atoms with Crippen LogP contribution < -0.4 is 14.8 Å². The minimum absolute atomic E-state index is 0.169. The second-order valence-corrected chi connectivity index (χ2v) is 6.48. The van der Waals surface area contributed by atoms with Crippen LogP contribution in [0.4, 0.5) is 0 Å². The molecule has 1 atom stereocenters. The van der Waals surface area contributed by atoms with E-state index in [4.69, 9.17) is 14.2 Å². The zero-order valence-corrected chi connectivity index (χ0v) is 14.5. The molecule has 1 aliphatic heterocycles. The average molecular weight is 356 g/mol. The summed E-state index contributed by atoms with van der Waals surface area (Å²) in [6.07, 6.45) is 4.65. The highest BCUT2D eigenvalue weighted by atomic mass is 16.6. The van der Waals surface area contributed by atoms with Gasteiger partial charge in [0, 0.05) is 6.08 Å². The molecule has 7 heteroatoms. The predicted octanol–water partition coefficient (Wildman–Crippen LogP) is 1.82. The zero-order chi connectivity index (χ0) is 18.6. The number of carbonyl (C=O) groups excluding carboxylic acids is 2. The summed E-state index contributed by atoms with van der Waals surface area (Å²) in [6, 6.07) is 7.45. The van der Waals surface area contributed by atoms with Gasteiger partial charge in [-0.15, -0.1) is 0 Å². The maximum Gasteiger partial charge on any atom is 0.331 e. The van der Waals surface area contributed by atoms with Gasteiger partial charge in [-0.3, -0.25) is 4.79 Å². The predicted molar refractivity (Wildman–Crippen MR) is 92.3 cm³/mol. The van der Waals surface area contributed by atoms with Gasteiger partial charge < -0.3 is 19.5 Å². The van der Waals surface area contributed by atoms with E-state index in [1.165, 1.54) is 6.08 Å². The fourth-order valence-corrected chi connectivity index (χ4v) is 2.72. The summed E-state index contributed by atoms with van der Waals surface area (Å²) in [7, 11) is 0. The van der Waals surface area contributed by atoms with Gasteiger partial charge in [-0.2, -0.15) is 5.26 Å². The van der Waals surface area contributed by atoms with Crippen molar-refractivity contribution in [2.75, 3.05) is 19.8 Å². The molecule has 1 heterocycles. The Morgan fingerprint density at radius 2 is 2.08 bits per heavy atom. The molecule has 1 amide bonds. The van der Waals surface area contributed by atoms with Gasteiger partial charge in [-0.1, -0.05) is 6.07 Å². The SMILES string of the molecule is C[C@@](C#N)(NC(=O)COC(=O)/C=C/c1ccc2c(c1)OCCO2)C1CC1. The molecule has 0 spiro atoms. The summed E-state index contributed by atoms with van der Waals surface area (Å²) in [4.78, 5) is 23.7. The molecule has 0 bridgehead atoms. The summed E-state index contributed by atoms with van der Waals surface area (Å²) >= 11 is 0. The molecular formula is C19H20N2O5. The van der Waals surface area contributed by atoms with Gasteiger partial charge in [0.15, 0.2) is 18.1 Å². The van der Waals surface area contributed by atoms with E-state index in [-0.39, 0.29) is 5.92 Å². The Morgan fingerprint density at radius 1 is 1.35 bits per heavy atom. The van der Waals surface area contributed by atoms with Crippen LogP contribution in [0.25, 0.3) is 6.08 Å². The summed E-state index contributed by atoms with van der Waals surface area (Å²) < 4.78 is 15.8. The van der Waals surface area contributed by atoms with Crippen molar-refractivity contribution in [3.05, 3.63) is 29.8 Å². The number of esters is 1. The first kappa shape index (κ1) is 17.8. The molecule has 0 radical (unpaired) electrons. The van der Waals surface area contributed by atoms with E-state index in [2.05, 4.69) is 11.4 Å². The van der Waals surface area contributed by atoms with Gasteiger partial charge in [0.1, 0.15) is 18.8 Å². The molecule has 0 aromatic heterocycles. The van der Waals surface area contributed by atoms with E-state index in [9.17, 15) is 14.9 Å². The first-order valence-corrected chi connectivity index (χ1v) is 8.47. The second-order valence-electron chi connectivity index (χ2n) is 6.48. The third kappa shape index (κ3) is 4.33. The van der Waals surface area contributed by atoms with Crippen LogP contribution in [0.5, 0.6) is 11.5 Å². The first-order chi connectivity index (χ1) is 12.5. The van der Waals surface area contributed by atoms with Crippen molar-refractivity contribution in [3.63, 3.8) is 0 Å². The number of carbonyl (C=O) groups is 2. The lowest BCUT2D eigenvalue weighted by Gasteiger charge is -2.22. The number of hydrogen-bond donors (Lipinski definition) is 1. The quantitative estimate of drug-likeness (QED) is 0.617. The Balaban J connectivity index is 1.48. The van der Waals surface area contributed by atoms with E-state index in [0.29, 0.717) is 24.7 Å². The number of fused-ring (bicyclic) bond motifs is 1. The smallest absolute Gasteiger partial charge is 0.331 e. The van der Waals surface area contributed by atoms with Crippen molar-refractivity contribution in [3.8, 4) is 17.6 Å². The van der Waals surface area contributed by atoms with Crippen molar-refractivity contribution in [2.45, 2.75) is 25.3 Å². The highest BCUT2D eigenvalue weighted by Crippen LogP contribution is 2.39. The molecule has 3 rings (SSSR count). The molecule has 1 N–H and O–H groups in total. The van der Waals surface area contributed by atoms with Gasteiger partial charge in [0.2, 0.25) is 0 Å². The van der Waals surface area contributed by atoms with Crippen molar-refractivity contribution < 1.29 is 23.8 Å². The van der Waals surface area contributed by atoms with Crippen LogP contribution in [-0.4, -0.2) is 37.2 Å². The van der Waals surface area contributed by atoms with Gasteiger partial charge in [-0.25, -0.2) is 4.79 Å². The molecule has 2 aliphatic rings. The fourth-order valence-electron chi connectivity index (χ4n) is 2.72. The van der Waals surface area contributed by atoms with Gasteiger partial charge in [0.05, 0.1) is 6.07 Å². The lowest BCUT2D eigenvalue weighted by Crippen LogP contribution is -2.48. The molecule has 26 heavy (non-hydrogen) atoms. The molecule has 1 aromatic rings. The molecular weight excluding hydrogens is 336 g/mol. The summed E-state index contributed by atoms with van der Waals surface area (Å²) in [5.74, 6) is 0.343. The van der Waals surface area contributed by atoms with Crippen LogP contribution in [0.15, 0.2) is 24.3 Å². The van der Waals surface area contributed by atoms with Gasteiger partial charge in [0.25, 0.3) is 5.91 Å². The first-order valence-electron chi connectivity index (χ1n) is 8.47. The van der Waals surface area contributed by atoms with Crippen molar-refractivity contribution in [1.29, 1.82) is 5.26 Å². The molecule has 0 unspecified atom stereocenters. The van der Waals surface area contributed by atoms with E-state index in [0.717, 1.165) is 18.4 Å². The van der Waals surface area contributed by atoms with Crippen LogP contribution >= 0.6 is 0 Å². The number of hydrogen-bond acceptors (Lipinski definition) is 6. The maximum absolute atomic E-state index is 11.9. The largest absolute Gasteiger partial charge is 0.486 e. The molecule has 1 aromatic carbocycles. The van der Waals surface area contributed by atoms with Crippen LogP contribution in [0, 0.1) is 17.2 Å². The lowest BCUT2D eigenvalue weighted by atomic mass is 9.98. The van der Waals surface area contributed by atoms with Gasteiger partial charge in [-0.05, 0) is 49.5 Å². The Labute approximate surface area is 151 Å². The minimum atomic E-state index is -0.898. The van der Waals surface area contributed by atoms with Crippen molar-refractivity contribution in [2.24, 2.45) is 5.92 Å². The Hall–Kier alpha value is -3.01. The molecule has 1 aliphatic carbocycles. The number of nitrogens with one attached hydrogen (secondary N) is 1. The van der Waals surface area contributed by atoms with E-state index in [1.54, 1.807) is 31.2 Å². The zero-order valence-electron chi connectivity index (χ0n) is 14.5. The number of nitriles is 1. The number of rotatable bonds is 6. The van der Waals surface area contributed by atoms with Crippen molar-refractivity contribution in [1.82, 2.24) is 5.32 Å². The fraction of sp³-hybridized carbons (Fsp3) is 0.421. The minimum Gasteiger partial charge on any atom is -0.486 e. The molecule has 1 fully saturated rings. The molecule has 136 valence electrons. The monoisotopic (exact) mass is 356 g/mol. The number of ether oxygens (including phenoxy) is 3. The maximum atomic E-state index is 11.9. The molecule has 0 saturated heterocycles. The highest BCUT2D eigenvalue weighted by molar-refractivity contribution is 5.89. The standard InChI is InChI=1S/C19H20N2O5/c1-19(12-20,14-4-5-14)21-17(22)11-26-18(23)7-3-13-2-6-15-16(10-13)25-9-8-24-15/h2-3,6-7,10,14H,4-5,8-9,11H2,1H3,(H,21,22)/b7-3+/t19-/m0/s1. The third-order valence-electron chi connectivity index (χ3n) is 4.35. The average Bonchev–Trinajstić information content (AvgIpc) is 3.50. The number of amides is 1. The Bertz CT molecular complexity index is 779. The van der Waals surface area contributed by atoms with Gasteiger partial charge >= 0.3 is 5.97 Å². The summed E-state index contributed by atoms with van der Waals surface area (Å²) in [5, 5.41) is 11.9. The normalized spacial score (nSPS) is 17.8. The summed E-state index contributed by atoms with van der Waals surface area (Å²) in [6.45, 7) is 2.27. The van der Waals surface area contributed by atoms with E-state index < -0.39 is 24.0 Å². The van der Waals surface area contributed by atoms with Crippen LogP contribution in [0.2, 0.25) is 0 Å². The number of benzene rings is 1. The lowest BCUT2D eigenvalue weighted by molar-refractivity contribution is -0.144. The molecule has 1 saturated carbocycles. The summed E-state index contributed by atoms with van der Waals surface area (Å²) in [5.41, 5.74) is -0.147. The van der Waals surface area contributed by atoms with Crippen molar-refractivity contribution >= 4 is 18.0 Å². The van der Waals surface area contributed by atoms with E-state index in [1.807, 2.05) is 0 Å².